The summed E-state index contributed by atoms with van der Waals surface area (Å²) in [6.07, 6.45) is -10.3. The molecular formula is C27H29F6NO4. The molecule has 3 atom stereocenters. The first-order chi connectivity index (χ1) is 17.6. The number of fused-ring (bicyclic) bond motifs is 1. The van der Waals surface area contributed by atoms with E-state index >= 15 is 0 Å². The minimum Gasteiger partial charge on any atom is -0.469 e. The maximum Gasteiger partial charge on any atom is 0.416 e. The summed E-state index contributed by atoms with van der Waals surface area (Å²) in [7, 11) is 1.03. The average Bonchev–Trinajstić information content (AvgIpc) is 2.83. The van der Waals surface area contributed by atoms with Crippen LogP contribution in [-0.4, -0.2) is 31.8 Å². The number of ether oxygens (including phenoxy) is 2. The standard InChI is InChI=1S/C27H29F6NO4/c1-6-19-13-21(20-8-14(3)15(4)9-22(20)34(19)25(36)38-7-2)23(24(35)37-5)16-10-17(26(28,29)30)12-18(11-16)27(31,32)33/h8-12,19,21,23H,6-7,13H2,1-5H3/t19-,21-,23?/m0/s1. The van der Waals surface area contributed by atoms with E-state index in [-0.39, 0.29) is 19.1 Å². The van der Waals surface area contributed by atoms with Crippen molar-refractivity contribution < 1.29 is 45.4 Å². The lowest BCUT2D eigenvalue weighted by molar-refractivity contribution is -0.145. The smallest absolute Gasteiger partial charge is 0.416 e. The molecule has 0 aromatic heterocycles. The maximum absolute atomic E-state index is 13.6. The van der Waals surface area contributed by atoms with Crippen molar-refractivity contribution in [3.05, 3.63) is 63.7 Å². The molecule has 0 saturated carbocycles. The van der Waals surface area contributed by atoms with Crippen LogP contribution in [0.2, 0.25) is 0 Å². The molecule has 1 heterocycles. The van der Waals surface area contributed by atoms with Crippen molar-refractivity contribution in [2.24, 2.45) is 0 Å². The molecule has 0 spiro atoms. The lowest BCUT2D eigenvalue weighted by Gasteiger charge is -2.42. The normalized spacial score (nSPS) is 18.6. The molecule has 5 nitrogen and oxygen atoms in total. The Hall–Kier alpha value is -3.24. The fourth-order valence-corrected chi connectivity index (χ4v) is 4.97. The van der Waals surface area contributed by atoms with Crippen LogP contribution in [0.5, 0.6) is 0 Å². The lowest BCUT2D eigenvalue weighted by Crippen LogP contribution is -2.46. The zero-order valence-electron chi connectivity index (χ0n) is 21.6. The molecule has 3 rings (SSSR count). The number of halogens is 6. The Morgan fingerprint density at radius 2 is 1.50 bits per heavy atom. The predicted molar refractivity (Wildman–Crippen MR) is 128 cm³/mol. The van der Waals surface area contributed by atoms with Gasteiger partial charge in [-0.05, 0) is 80.1 Å². The summed E-state index contributed by atoms with van der Waals surface area (Å²) >= 11 is 0. The summed E-state index contributed by atoms with van der Waals surface area (Å²) < 4.78 is 92.0. The molecule has 0 radical (unpaired) electrons. The largest absolute Gasteiger partial charge is 0.469 e. The Labute approximate surface area is 216 Å². The van der Waals surface area contributed by atoms with Crippen molar-refractivity contribution in [1.82, 2.24) is 0 Å². The number of hydrogen-bond donors (Lipinski definition) is 0. The van der Waals surface area contributed by atoms with E-state index in [0.717, 1.165) is 18.2 Å². The number of anilines is 1. The van der Waals surface area contributed by atoms with Crippen molar-refractivity contribution in [3.8, 4) is 0 Å². The van der Waals surface area contributed by atoms with Gasteiger partial charge in [-0.1, -0.05) is 13.0 Å². The van der Waals surface area contributed by atoms with Crippen molar-refractivity contribution in [1.29, 1.82) is 0 Å². The highest BCUT2D eigenvalue weighted by molar-refractivity contribution is 5.91. The van der Waals surface area contributed by atoms with E-state index in [2.05, 4.69) is 0 Å². The number of esters is 1. The van der Waals surface area contributed by atoms with Gasteiger partial charge in [-0.25, -0.2) is 4.79 Å². The van der Waals surface area contributed by atoms with Crippen LogP contribution >= 0.6 is 0 Å². The molecule has 0 bridgehead atoms. The molecule has 1 unspecified atom stereocenters. The quantitative estimate of drug-likeness (QED) is 0.288. The van der Waals surface area contributed by atoms with Crippen LogP contribution < -0.4 is 4.90 Å². The van der Waals surface area contributed by atoms with Gasteiger partial charge in [0.1, 0.15) is 0 Å². The van der Waals surface area contributed by atoms with Gasteiger partial charge in [-0.3, -0.25) is 9.69 Å². The second-order valence-corrected chi connectivity index (χ2v) is 9.31. The summed E-state index contributed by atoms with van der Waals surface area (Å²) in [5, 5.41) is 0. The van der Waals surface area contributed by atoms with Gasteiger partial charge in [-0.2, -0.15) is 26.3 Å². The summed E-state index contributed by atoms with van der Waals surface area (Å²) in [5.74, 6) is -3.36. The third kappa shape index (κ3) is 5.76. The second kappa shape index (κ2) is 10.9. The highest BCUT2D eigenvalue weighted by atomic mass is 19.4. The van der Waals surface area contributed by atoms with Gasteiger partial charge in [-0.15, -0.1) is 0 Å². The Morgan fingerprint density at radius 3 is 1.97 bits per heavy atom. The molecular weight excluding hydrogens is 516 g/mol. The molecule has 0 aliphatic carbocycles. The van der Waals surface area contributed by atoms with Gasteiger partial charge >= 0.3 is 24.4 Å². The SMILES string of the molecule is CCOC(=O)N1c2cc(C)c(C)cc2[C@@H](C(C(=O)OC)c2cc(C(F)(F)F)cc(C(F)(F)F)c2)C[C@@H]1CC. The van der Waals surface area contributed by atoms with Gasteiger partial charge in [0.05, 0.1) is 36.4 Å². The highest BCUT2D eigenvalue weighted by Gasteiger charge is 2.45. The average molecular weight is 546 g/mol. The molecule has 38 heavy (non-hydrogen) atoms. The Bertz CT molecular complexity index is 1180. The molecule has 11 heteroatoms. The first kappa shape index (κ1) is 29.3. The number of benzene rings is 2. The molecule has 2 aromatic carbocycles. The van der Waals surface area contributed by atoms with E-state index < -0.39 is 59.0 Å². The van der Waals surface area contributed by atoms with Crippen molar-refractivity contribution in [2.45, 2.75) is 70.8 Å². The van der Waals surface area contributed by atoms with Crippen LogP contribution in [0.4, 0.5) is 36.8 Å². The first-order valence-corrected chi connectivity index (χ1v) is 12.1. The number of rotatable bonds is 5. The number of carbonyl (C=O) groups is 2. The van der Waals surface area contributed by atoms with Crippen molar-refractivity contribution in [3.63, 3.8) is 0 Å². The summed E-state index contributed by atoms with van der Waals surface area (Å²) in [6, 6.07) is 4.05. The van der Waals surface area contributed by atoms with Gasteiger partial charge in [0.2, 0.25) is 0 Å². The minimum atomic E-state index is -5.08. The molecule has 208 valence electrons. The third-order valence-corrected chi connectivity index (χ3v) is 6.96. The van der Waals surface area contributed by atoms with E-state index in [9.17, 15) is 35.9 Å². The maximum atomic E-state index is 13.6. The predicted octanol–water partition coefficient (Wildman–Crippen LogP) is 7.53. The number of aryl methyl sites for hydroxylation is 2. The summed E-state index contributed by atoms with van der Waals surface area (Å²) in [5.41, 5.74) is -1.09. The topological polar surface area (TPSA) is 55.8 Å². The van der Waals surface area contributed by atoms with E-state index in [4.69, 9.17) is 9.47 Å². The van der Waals surface area contributed by atoms with E-state index in [1.807, 2.05) is 6.92 Å². The van der Waals surface area contributed by atoms with Crippen LogP contribution in [0, 0.1) is 13.8 Å². The van der Waals surface area contributed by atoms with Crippen LogP contribution in [0.15, 0.2) is 30.3 Å². The number of hydrogen-bond acceptors (Lipinski definition) is 4. The Balaban J connectivity index is 2.32. The van der Waals surface area contributed by atoms with Gasteiger partial charge < -0.3 is 9.47 Å². The molecule has 0 fully saturated rings. The minimum absolute atomic E-state index is 0.0253. The number of alkyl halides is 6. The number of methoxy groups -OCH3 is 1. The molecule has 0 saturated heterocycles. The summed E-state index contributed by atoms with van der Waals surface area (Å²) in [4.78, 5) is 27.5. The monoisotopic (exact) mass is 545 g/mol. The number of carbonyl (C=O) groups excluding carboxylic acids is 2. The Morgan fingerprint density at radius 1 is 0.947 bits per heavy atom. The van der Waals surface area contributed by atoms with Crippen molar-refractivity contribution in [2.75, 3.05) is 18.6 Å². The fraction of sp³-hybridized carbons (Fsp3) is 0.481. The highest BCUT2D eigenvalue weighted by Crippen LogP contribution is 2.49. The first-order valence-electron chi connectivity index (χ1n) is 12.1. The van der Waals surface area contributed by atoms with Gasteiger partial charge in [0, 0.05) is 12.0 Å². The molecule has 1 aliphatic heterocycles. The second-order valence-electron chi connectivity index (χ2n) is 9.31. The zero-order chi connectivity index (χ0) is 28.6. The van der Waals surface area contributed by atoms with E-state index in [1.54, 1.807) is 32.9 Å². The number of nitrogens with zero attached hydrogens (tertiary/aromatic N) is 1. The molecule has 1 amide bonds. The third-order valence-electron chi connectivity index (χ3n) is 6.96. The Kier molecular flexibility index (Phi) is 8.38. The molecule has 2 aromatic rings. The van der Waals surface area contributed by atoms with E-state index in [1.165, 1.54) is 4.90 Å². The molecule has 0 N–H and O–H groups in total. The van der Waals surface area contributed by atoms with Crippen LogP contribution in [0.25, 0.3) is 0 Å². The fourth-order valence-electron chi connectivity index (χ4n) is 4.97. The van der Waals surface area contributed by atoms with Crippen molar-refractivity contribution >= 4 is 17.7 Å². The zero-order valence-corrected chi connectivity index (χ0v) is 21.6. The summed E-state index contributed by atoms with van der Waals surface area (Å²) in [6.45, 7) is 7.13. The number of amides is 1. The van der Waals surface area contributed by atoms with Crippen LogP contribution in [0.1, 0.15) is 71.9 Å². The van der Waals surface area contributed by atoms with E-state index in [0.29, 0.717) is 29.8 Å². The van der Waals surface area contributed by atoms with Gasteiger partial charge in [0.15, 0.2) is 0 Å². The lowest BCUT2D eigenvalue weighted by atomic mass is 9.73. The van der Waals surface area contributed by atoms with Crippen LogP contribution in [0.3, 0.4) is 0 Å². The molecule has 1 aliphatic rings. The van der Waals surface area contributed by atoms with Crippen LogP contribution in [-0.2, 0) is 26.6 Å². The van der Waals surface area contributed by atoms with Gasteiger partial charge in [0.25, 0.3) is 0 Å².